The summed E-state index contributed by atoms with van der Waals surface area (Å²) >= 11 is 5.98. The van der Waals surface area contributed by atoms with Crippen molar-refractivity contribution in [1.29, 1.82) is 0 Å². The van der Waals surface area contributed by atoms with Crippen LogP contribution in [0.4, 0.5) is 21.6 Å². The van der Waals surface area contributed by atoms with Gasteiger partial charge in [0, 0.05) is 44.4 Å². The van der Waals surface area contributed by atoms with Gasteiger partial charge >= 0.3 is 5.97 Å². The van der Waals surface area contributed by atoms with Crippen molar-refractivity contribution in [2.75, 3.05) is 43.1 Å². The topological polar surface area (TPSA) is 99.1 Å². The van der Waals surface area contributed by atoms with Crippen LogP contribution in [0.2, 0.25) is 5.02 Å². The molecule has 9 nitrogen and oxygen atoms in total. The number of piperazine rings is 1. The van der Waals surface area contributed by atoms with Gasteiger partial charge in [0.1, 0.15) is 17.3 Å². The number of carboxylic acid groups (broad SMARTS) is 1. The fraction of sp³-hybridized carbons (Fsp3) is 0.455. The highest BCUT2D eigenvalue weighted by atomic mass is 35.5. The van der Waals surface area contributed by atoms with Crippen LogP contribution in [0, 0.1) is 19.7 Å². The van der Waals surface area contributed by atoms with Crippen molar-refractivity contribution in [3.8, 4) is 0 Å². The van der Waals surface area contributed by atoms with Crippen LogP contribution in [0.15, 0.2) is 36.4 Å². The zero-order chi connectivity index (χ0) is 31.6. The molecule has 2 fully saturated rings. The summed E-state index contributed by atoms with van der Waals surface area (Å²) in [4.78, 5) is 41.4. The molecule has 0 radical (unpaired) electrons. The highest BCUT2D eigenvalue weighted by Crippen LogP contribution is 2.52. The number of carbonyl (C=O) groups excluding carboxylic acids is 1. The second-order valence-electron chi connectivity index (χ2n) is 12.9. The Morgan fingerprint density at radius 2 is 1.86 bits per heavy atom. The zero-order valence-electron chi connectivity index (χ0n) is 25.7. The van der Waals surface area contributed by atoms with E-state index >= 15 is 0 Å². The lowest BCUT2D eigenvalue weighted by atomic mass is 9.84. The van der Waals surface area contributed by atoms with Crippen LogP contribution in [-0.2, 0) is 10.2 Å². The van der Waals surface area contributed by atoms with E-state index in [9.17, 15) is 19.1 Å². The second kappa shape index (κ2) is 11.0. The molecule has 1 amide bonds. The Balaban J connectivity index is 1.29. The molecule has 232 valence electrons. The summed E-state index contributed by atoms with van der Waals surface area (Å²) < 4.78 is 20.2. The molecular formula is C33H37ClFN5O4. The van der Waals surface area contributed by atoms with Crippen molar-refractivity contribution >= 4 is 40.7 Å². The number of aromatic nitrogens is 2. The number of carbonyl (C=O) groups is 2. The van der Waals surface area contributed by atoms with E-state index in [0.717, 1.165) is 30.6 Å². The number of anilines is 3. The Morgan fingerprint density at radius 3 is 2.50 bits per heavy atom. The predicted octanol–water partition coefficient (Wildman–Crippen LogP) is 5.91. The molecule has 2 atom stereocenters. The van der Waals surface area contributed by atoms with E-state index in [1.807, 2.05) is 30.9 Å². The van der Waals surface area contributed by atoms with E-state index in [-0.39, 0.29) is 28.0 Å². The molecule has 0 bridgehead atoms. The van der Waals surface area contributed by atoms with Crippen LogP contribution in [0.5, 0.6) is 0 Å². The number of aromatic carboxylic acids is 1. The maximum absolute atomic E-state index is 14.5. The molecule has 3 aromatic rings. The standard InChI is InChI=1S/C33H37ClFN5O4/c1-19-14-27(36-20(2)28(19)31(42)43)38-12-13-40(32(3,4)17-38)30(41)25-8-9-26-29(37-25)33(11-10-22(16-33)44-5)18-39(26)21-6-7-23(34)24(35)15-21/h6-9,14-15,22H,10-13,16-18H2,1-5H3,(H,42,43)/t22-,33?/m0/s1. The first-order chi connectivity index (χ1) is 20.8. The van der Waals surface area contributed by atoms with Crippen LogP contribution < -0.4 is 9.80 Å². The first-order valence-electron chi connectivity index (χ1n) is 14.9. The minimum absolute atomic E-state index is 0.0725. The number of halogens is 2. The lowest BCUT2D eigenvalue weighted by molar-refractivity contribution is 0.0506. The van der Waals surface area contributed by atoms with E-state index in [2.05, 4.69) is 14.8 Å². The molecule has 1 aromatic carbocycles. The van der Waals surface area contributed by atoms with Gasteiger partial charge in [0.15, 0.2) is 0 Å². The number of hydrogen-bond acceptors (Lipinski definition) is 7. The van der Waals surface area contributed by atoms with Crippen LogP contribution in [0.1, 0.15) is 70.9 Å². The van der Waals surface area contributed by atoms with Crippen molar-refractivity contribution in [1.82, 2.24) is 14.9 Å². The third-order valence-electron chi connectivity index (χ3n) is 9.53. The molecule has 1 saturated heterocycles. The average Bonchev–Trinajstić information content (AvgIpc) is 3.54. The number of nitrogens with zero attached hydrogens (tertiary/aromatic N) is 5. The molecule has 11 heteroatoms. The Bertz CT molecular complexity index is 1640. The SMILES string of the molecule is CO[C@H]1CCC2(C1)CN(c1ccc(Cl)c(F)c1)c1ccc(C(=O)N3CCN(c4cc(C)c(C(=O)O)c(C)n4)CC3(C)C)nc12. The van der Waals surface area contributed by atoms with Gasteiger partial charge < -0.3 is 24.5 Å². The van der Waals surface area contributed by atoms with E-state index in [0.29, 0.717) is 54.6 Å². The van der Waals surface area contributed by atoms with Gasteiger partial charge in [-0.1, -0.05) is 11.6 Å². The molecule has 4 heterocycles. The largest absolute Gasteiger partial charge is 0.478 e. The number of methoxy groups -OCH3 is 1. The Morgan fingerprint density at radius 1 is 1.09 bits per heavy atom. The minimum atomic E-state index is -0.989. The van der Waals surface area contributed by atoms with Crippen molar-refractivity contribution in [2.24, 2.45) is 0 Å². The molecule has 2 aliphatic heterocycles. The number of fused-ring (bicyclic) bond motifs is 2. The van der Waals surface area contributed by atoms with Crippen LogP contribution in [0.3, 0.4) is 0 Å². The molecule has 44 heavy (non-hydrogen) atoms. The molecule has 1 unspecified atom stereocenters. The molecule has 1 N–H and O–H groups in total. The predicted molar refractivity (Wildman–Crippen MR) is 167 cm³/mol. The summed E-state index contributed by atoms with van der Waals surface area (Å²) in [6.07, 6.45) is 2.59. The minimum Gasteiger partial charge on any atom is -0.478 e. The number of carboxylic acids is 1. The third-order valence-corrected chi connectivity index (χ3v) is 9.83. The van der Waals surface area contributed by atoms with Crippen LogP contribution in [-0.4, -0.2) is 76.8 Å². The Kier molecular flexibility index (Phi) is 7.57. The summed E-state index contributed by atoms with van der Waals surface area (Å²) in [7, 11) is 1.72. The van der Waals surface area contributed by atoms with E-state index < -0.39 is 17.3 Å². The van der Waals surface area contributed by atoms with Gasteiger partial charge in [0.25, 0.3) is 5.91 Å². The van der Waals surface area contributed by atoms with Gasteiger partial charge in [-0.15, -0.1) is 0 Å². The van der Waals surface area contributed by atoms with Crippen molar-refractivity contribution in [3.05, 3.63) is 75.4 Å². The molecule has 6 rings (SSSR count). The third kappa shape index (κ3) is 5.07. The van der Waals surface area contributed by atoms with Crippen molar-refractivity contribution in [3.63, 3.8) is 0 Å². The smallest absolute Gasteiger partial charge is 0.337 e. The molecular weight excluding hydrogens is 585 g/mol. The van der Waals surface area contributed by atoms with Crippen molar-refractivity contribution in [2.45, 2.75) is 64.0 Å². The maximum Gasteiger partial charge on any atom is 0.337 e. The number of ether oxygens (including phenoxy) is 1. The number of benzene rings is 1. The fourth-order valence-corrected chi connectivity index (χ4v) is 7.44. The molecule has 3 aliphatic rings. The quantitative estimate of drug-likeness (QED) is 0.375. The average molecular weight is 622 g/mol. The molecule has 1 spiro atoms. The summed E-state index contributed by atoms with van der Waals surface area (Å²) in [5.41, 5.74) is 3.27. The molecule has 1 saturated carbocycles. The van der Waals surface area contributed by atoms with Gasteiger partial charge in [-0.25, -0.2) is 19.2 Å². The highest BCUT2D eigenvalue weighted by molar-refractivity contribution is 6.30. The lowest BCUT2D eigenvalue weighted by Crippen LogP contribution is -2.61. The molecule has 1 aliphatic carbocycles. The van der Waals surface area contributed by atoms with Crippen LogP contribution in [0.25, 0.3) is 0 Å². The number of rotatable bonds is 5. The number of amides is 1. The lowest BCUT2D eigenvalue weighted by Gasteiger charge is -2.47. The number of hydrogen-bond donors (Lipinski definition) is 1. The van der Waals surface area contributed by atoms with E-state index in [1.165, 1.54) is 6.07 Å². The van der Waals surface area contributed by atoms with Gasteiger partial charge in [0.2, 0.25) is 0 Å². The highest BCUT2D eigenvalue weighted by Gasteiger charge is 2.50. The molecule has 2 aromatic heterocycles. The Labute approximate surface area is 261 Å². The van der Waals surface area contributed by atoms with E-state index in [4.69, 9.17) is 21.3 Å². The van der Waals surface area contributed by atoms with E-state index in [1.54, 1.807) is 39.2 Å². The summed E-state index contributed by atoms with van der Waals surface area (Å²) in [6.45, 7) is 9.68. The first kappa shape index (κ1) is 30.3. The van der Waals surface area contributed by atoms with Gasteiger partial charge in [-0.3, -0.25) is 4.79 Å². The first-order valence-corrected chi connectivity index (χ1v) is 15.3. The summed E-state index contributed by atoms with van der Waals surface area (Å²) in [5, 5.41) is 9.62. The summed E-state index contributed by atoms with van der Waals surface area (Å²) in [5.74, 6) is -0.911. The Hall–Kier alpha value is -3.76. The maximum atomic E-state index is 14.5. The number of aryl methyl sites for hydroxylation is 2. The normalized spacial score (nSPS) is 22.5. The fourth-order valence-electron chi connectivity index (χ4n) is 7.32. The van der Waals surface area contributed by atoms with Gasteiger partial charge in [-0.2, -0.15) is 0 Å². The zero-order valence-corrected chi connectivity index (χ0v) is 26.4. The summed E-state index contributed by atoms with van der Waals surface area (Å²) in [6, 6.07) is 10.3. The van der Waals surface area contributed by atoms with Crippen LogP contribution >= 0.6 is 11.6 Å². The van der Waals surface area contributed by atoms with Crippen molar-refractivity contribution < 1.29 is 23.8 Å². The monoisotopic (exact) mass is 621 g/mol. The van der Waals surface area contributed by atoms with Gasteiger partial charge in [0.05, 0.1) is 39.3 Å². The second-order valence-corrected chi connectivity index (χ2v) is 13.3. The van der Waals surface area contributed by atoms with Gasteiger partial charge in [-0.05, 0) is 88.9 Å². The number of pyridine rings is 2.